The Labute approximate surface area is 253 Å². The number of carboxylic acids is 1. The number of benzene rings is 3. The fourth-order valence-corrected chi connectivity index (χ4v) is 6.94. The number of nitrogens with zero attached hydrogens (tertiary/aromatic N) is 1. The van der Waals surface area contributed by atoms with E-state index in [0.29, 0.717) is 5.02 Å². The maximum atomic E-state index is 13.7. The second kappa shape index (κ2) is 12.7. The number of ketones is 1. The molecule has 4 aromatic rings. The zero-order valence-corrected chi connectivity index (χ0v) is 25.0. The summed E-state index contributed by atoms with van der Waals surface area (Å²) >= 11 is 7.82. The summed E-state index contributed by atoms with van der Waals surface area (Å²) in [6.45, 7) is 1.93. The SMILES string of the molecule is CC(CC(=O)C(Cc1csc2ccc(Cl)cc12)N(C)C(=O)OCC1c2ccccc2-c2ccccc21)C[C@H](N)C(=O)O. The Morgan fingerprint density at radius 2 is 1.69 bits per heavy atom. The minimum Gasteiger partial charge on any atom is -0.480 e. The number of carbonyl (C=O) groups is 3. The fraction of sp³-hybridized carbons (Fsp3) is 0.303. The van der Waals surface area contributed by atoms with E-state index in [1.165, 1.54) is 4.90 Å². The predicted molar refractivity (Wildman–Crippen MR) is 166 cm³/mol. The summed E-state index contributed by atoms with van der Waals surface area (Å²) in [5, 5.41) is 12.7. The van der Waals surface area contributed by atoms with Gasteiger partial charge in [0.1, 0.15) is 12.6 Å². The van der Waals surface area contributed by atoms with Gasteiger partial charge >= 0.3 is 12.1 Å². The van der Waals surface area contributed by atoms with Crippen LogP contribution >= 0.6 is 22.9 Å². The summed E-state index contributed by atoms with van der Waals surface area (Å²) in [4.78, 5) is 39.8. The van der Waals surface area contributed by atoms with Crippen molar-refractivity contribution in [1.82, 2.24) is 4.90 Å². The number of nitrogens with two attached hydrogens (primary N) is 1. The highest BCUT2D eigenvalue weighted by Crippen LogP contribution is 2.44. The number of halogens is 1. The van der Waals surface area contributed by atoms with Gasteiger partial charge < -0.3 is 20.5 Å². The Kier molecular flexibility index (Phi) is 8.96. The highest BCUT2D eigenvalue weighted by molar-refractivity contribution is 7.17. The number of carbonyl (C=O) groups excluding carboxylic acids is 2. The van der Waals surface area contributed by atoms with Crippen LogP contribution in [0, 0.1) is 5.92 Å². The van der Waals surface area contributed by atoms with E-state index in [1.807, 2.05) is 47.8 Å². The maximum Gasteiger partial charge on any atom is 0.410 e. The number of ether oxygens (including phenoxy) is 1. The van der Waals surface area contributed by atoms with Crippen LogP contribution in [0.2, 0.25) is 5.02 Å². The molecule has 1 aliphatic rings. The lowest BCUT2D eigenvalue weighted by molar-refractivity contribution is -0.139. The number of hydrogen-bond donors (Lipinski definition) is 2. The first-order valence-electron chi connectivity index (χ1n) is 13.9. The third-order valence-corrected chi connectivity index (χ3v) is 9.26. The summed E-state index contributed by atoms with van der Waals surface area (Å²) in [5.41, 5.74) is 11.1. The van der Waals surface area contributed by atoms with Crippen LogP contribution in [0.5, 0.6) is 0 Å². The van der Waals surface area contributed by atoms with Crippen molar-refractivity contribution in [3.05, 3.63) is 93.8 Å². The van der Waals surface area contributed by atoms with E-state index in [-0.39, 0.29) is 43.5 Å². The molecule has 0 spiro atoms. The number of aliphatic carboxylic acids is 1. The minimum absolute atomic E-state index is 0.0788. The topological polar surface area (TPSA) is 110 Å². The Balaban J connectivity index is 1.36. The van der Waals surface area contributed by atoms with E-state index in [4.69, 9.17) is 22.1 Å². The van der Waals surface area contributed by atoms with Crippen LogP contribution < -0.4 is 5.73 Å². The van der Waals surface area contributed by atoms with Crippen molar-refractivity contribution < 1.29 is 24.2 Å². The van der Waals surface area contributed by atoms with Gasteiger partial charge in [-0.2, -0.15) is 0 Å². The van der Waals surface area contributed by atoms with Gasteiger partial charge in [-0.3, -0.25) is 9.59 Å². The Bertz CT molecular complexity index is 1590. The molecule has 2 unspecified atom stereocenters. The molecule has 0 radical (unpaired) electrons. The number of carboxylic acid groups (broad SMARTS) is 1. The summed E-state index contributed by atoms with van der Waals surface area (Å²) in [7, 11) is 1.58. The van der Waals surface area contributed by atoms with E-state index in [9.17, 15) is 19.5 Å². The zero-order chi connectivity index (χ0) is 30.0. The smallest absolute Gasteiger partial charge is 0.410 e. The number of hydrogen-bond acceptors (Lipinski definition) is 6. The maximum absolute atomic E-state index is 13.7. The van der Waals surface area contributed by atoms with Crippen LogP contribution in [0.4, 0.5) is 4.79 Å². The molecular weight excluding hydrogens is 572 g/mol. The largest absolute Gasteiger partial charge is 0.480 e. The second-order valence-corrected chi connectivity index (χ2v) is 12.3. The standard InChI is InChI=1S/C33H33ClN2O5S/c1-19(13-28(35)32(38)39)14-30(37)29(15-20-18-42-31-12-11-21(34)16-26(20)31)36(2)33(40)41-17-27-24-9-5-3-7-22(24)23-8-4-6-10-25(23)27/h3-12,16,18-19,27-29H,13-15,17,35H2,1-2H3,(H,38,39)/t19?,28-,29?/m0/s1. The van der Waals surface area contributed by atoms with Gasteiger partial charge in [-0.15, -0.1) is 11.3 Å². The molecule has 0 fully saturated rings. The van der Waals surface area contributed by atoms with Gasteiger partial charge in [0, 0.05) is 35.5 Å². The predicted octanol–water partition coefficient (Wildman–Crippen LogP) is 6.74. The molecule has 3 N–H and O–H groups in total. The Hall–Kier alpha value is -3.72. The second-order valence-electron chi connectivity index (χ2n) is 11.0. The number of thiophene rings is 1. The van der Waals surface area contributed by atoms with Crippen LogP contribution in [0.25, 0.3) is 21.2 Å². The molecule has 0 bridgehead atoms. The highest BCUT2D eigenvalue weighted by atomic mass is 35.5. The van der Waals surface area contributed by atoms with Crippen molar-refractivity contribution in [1.29, 1.82) is 0 Å². The molecule has 1 aliphatic carbocycles. The summed E-state index contributed by atoms with van der Waals surface area (Å²) in [6, 6.07) is 20.0. The molecule has 0 aliphatic heterocycles. The molecule has 0 saturated carbocycles. The molecule has 1 aromatic heterocycles. The highest BCUT2D eigenvalue weighted by Gasteiger charge is 2.33. The summed E-state index contributed by atoms with van der Waals surface area (Å²) in [6.07, 6.45) is -0.0883. The summed E-state index contributed by atoms with van der Waals surface area (Å²) in [5.74, 6) is -1.68. The minimum atomic E-state index is -1.11. The van der Waals surface area contributed by atoms with Crippen molar-refractivity contribution in [2.24, 2.45) is 11.7 Å². The molecule has 42 heavy (non-hydrogen) atoms. The van der Waals surface area contributed by atoms with Gasteiger partial charge in [0.05, 0.1) is 6.04 Å². The van der Waals surface area contributed by atoms with Crippen molar-refractivity contribution >= 4 is 50.9 Å². The third kappa shape index (κ3) is 6.21. The van der Waals surface area contributed by atoms with E-state index in [0.717, 1.165) is 37.9 Å². The van der Waals surface area contributed by atoms with E-state index in [2.05, 4.69) is 24.3 Å². The first-order chi connectivity index (χ1) is 20.1. The number of Topliss-reactive ketones (excluding diaryl/α,β-unsaturated/α-hetero) is 1. The Morgan fingerprint density at radius 1 is 1.05 bits per heavy atom. The number of likely N-dealkylation sites (N-methyl/N-ethyl adjacent to an activating group) is 1. The molecule has 5 rings (SSSR count). The van der Waals surface area contributed by atoms with Gasteiger partial charge in [0.25, 0.3) is 0 Å². The van der Waals surface area contributed by atoms with Crippen LogP contribution in [0.3, 0.4) is 0 Å². The molecule has 3 atom stereocenters. The average Bonchev–Trinajstić information content (AvgIpc) is 3.52. The normalized spacial score (nSPS) is 14.6. The fourth-order valence-electron chi connectivity index (χ4n) is 5.81. The van der Waals surface area contributed by atoms with Crippen LogP contribution in [-0.2, 0) is 20.7 Å². The molecule has 218 valence electrons. The van der Waals surface area contributed by atoms with Crippen LogP contribution in [0.1, 0.15) is 42.4 Å². The van der Waals surface area contributed by atoms with Gasteiger partial charge in [-0.05, 0) is 69.1 Å². The van der Waals surface area contributed by atoms with Gasteiger partial charge in [0.2, 0.25) is 0 Å². The number of fused-ring (bicyclic) bond motifs is 4. The first kappa shape index (κ1) is 29.8. The van der Waals surface area contributed by atoms with E-state index in [1.54, 1.807) is 25.3 Å². The van der Waals surface area contributed by atoms with Gasteiger partial charge in [0.15, 0.2) is 5.78 Å². The zero-order valence-electron chi connectivity index (χ0n) is 23.5. The number of amides is 1. The monoisotopic (exact) mass is 604 g/mol. The van der Waals surface area contributed by atoms with Gasteiger partial charge in [-0.25, -0.2) is 4.79 Å². The van der Waals surface area contributed by atoms with Crippen molar-refractivity contribution in [3.63, 3.8) is 0 Å². The van der Waals surface area contributed by atoms with E-state index >= 15 is 0 Å². The molecule has 7 nitrogen and oxygen atoms in total. The summed E-state index contributed by atoms with van der Waals surface area (Å²) < 4.78 is 6.91. The molecule has 1 heterocycles. The first-order valence-corrected chi connectivity index (χ1v) is 15.1. The quantitative estimate of drug-likeness (QED) is 0.196. The van der Waals surface area contributed by atoms with Crippen LogP contribution in [0.15, 0.2) is 72.1 Å². The lowest BCUT2D eigenvalue weighted by Crippen LogP contribution is -2.45. The number of rotatable bonds is 11. The van der Waals surface area contributed by atoms with Crippen molar-refractivity contribution in [3.8, 4) is 11.1 Å². The third-order valence-electron chi connectivity index (χ3n) is 8.02. The average molecular weight is 605 g/mol. The molecule has 3 aromatic carbocycles. The van der Waals surface area contributed by atoms with Crippen LogP contribution in [-0.4, -0.2) is 53.6 Å². The van der Waals surface area contributed by atoms with Crippen molar-refractivity contribution in [2.75, 3.05) is 13.7 Å². The van der Waals surface area contributed by atoms with E-state index < -0.39 is 24.1 Å². The lowest BCUT2D eigenvalue weighted by Gasteiger charge is -2.28. The van der Waals surface area contributed by atoms with Crippen molar-refractivity contribution in [2.45, 2.75) is 44.2 Å². The molecule has 1 amide bonds. The lowest BCUT2D eigenvalue weighted by atomic mass is 9.91. The molecule has 0 saturated heterocycles. The molecule has 9 heteroatoms. The Morgan fingerprint density at radius 3 is 2.33 bits per heavy atom. The van der Waals surface area contributed by atoms with Gasteiger partial charge in [-0.1, -0.05) is 67.1 Å². The molecular formula is C33H33ClN2O5S.